The third-order valence-electron chi connectivity index (χ3n) is 16.5. The van der Waals surface area contributed by atoms with E-state index in [0.29, 0.717) is 107 Å². The summed E-state index contributed by atoms with van der Waals surface area (Å²) >= 11 is 5.56. The fourth-order valence-electron chi connectivity index (χ4n) is 9.52. The van der Waals surface area contributed by atoms with Crippen LogP contribution in [-0.4, -0.2) is 39.1 Å². The van der Waals surface area contributed by atoms with Gasteiger partial charge >= 0.3 is 0 Å². The SMILES string of the molecule is CC(C)c1ccc(C(C)C)o1.CC(C)c1ccc(C(C)C)s1.CC(C)c1ccn(C(C)C)c1.CC(C)c1cnc(C(C)C)s1.CC(C)c1cnn(C(C)C)n1.CC(C)c1coc(C(C)C)c1.CC(C)c1coc(C(C)C)n1.CC(C)c1csc(C(C)C)n1.Cc1cc(C(C)C)c(C)n1C(C)C. The Morgan fingerprint density at radius 2 is 0.891 bits per heavy atom. The molecule has 0 aromatic carbocycles. The Kier molecular flexibility index (Phi) is 42.8. The zero-order valence-electron chi connectivity index (χ0n) is 71.0. The number of furan rings is 2. The van der Waals surface area contributed by atoms with E-state index < -0.39 is 0 Å². The second-order valence-corrected chi connectivity index (χ2v) is 35.5. The van der Waals surface area contributed by atoms with Gasteiger partial charge in [-0.3, -0.25) is 0 Å². The lowest BCUT2D eigenvalue weighted by atomic mass is 10.0. The van der Waals surface area contributed by atoms with Crippen LogP contribution in [0.15, 0.2) is 98.4 Å². The van der Waals surface area contributed by atoms with E-state index in [1.807, 2.05) is 41.3 Å². The first kappa shape index (κ1) is 93.4. The molecule has 0 aliphatic heterocycles. The highest BCUT2D eigenvalue weighted by Crippen LogP contribution is 2.31. The van der Waals surface area contributed by atoms with E-state index >= 15 is 0 Å². The second-order valence-electron chi connectivity index (χ2n) is 32.4. The molecule has 9 heterocycles. The Balaban J connectivity index is 0.000000568. The summed E-state index contributed by atoms with van der Waals surface area (Å²) in [6.07, 6.45) is 11.8. The van der Waals surface area contributed by atoms with Crippen molar-refractivity contribution in [2.45, 2.75) is 370 Å². The molecular formula is C87H146N8O3S3. The summed E-state index contributed by atoms with van der Waals surface area (Å²) < 4.78 is 20.9. The summed E-state index contributed by atoms with van der Waals surface area (Å²) in [5.74, 6) is 12.5. The maximum Gasteiger partial charge on any atom is 0.196 e. The summed E-state index contributed by atoms with van der Waals surface area (Å²) in [7, 11) is 0. The third kappa shape index (κ3) is 33.8. The lowest BCUT2D eigenvalue weighted by Gasteiger charge is -2.14. The molecule has 0 unspecified atom stereocenters. The Bertz CT molecular complexity index is 2780. The molecule has 9 aromatic rings. The minimum Gasteiger partial charge on any atom is -0.469 e. The lowest BCUT2D eigenvalue weighted by molar-refractivity contribution is 0.432. The number of hydrogen-bond donors (Lipinski definition) is 0. The Labute approximate surface area is 630 Å². The number of aromatic nitrogens is 8. The van der Waals surface area contributed by atoms with Crippen LogP contribution < -0.4 is 0 Å². The molecule has 9 aromatic heterocycles. The third-order valence-corrected chi connectivity index (χ3v) is 21.0. The summed E-state index contributed by atoms with van der Waals surface area (Å²) in [4.78, 5) is 19.4. The first-order valence-corrected chi connectivity index (χ1v) is 40.7. The van der Waals surface area contributed by atoms with Crippen LogP contribution in [0, 0.1) is 13.8 Å². The summed E-state index contributed by atoms with van der Waals surface area (Å²) in [6.45, 7) is 82.7. The molecule has 0 N–H and O–H groups in total. The topological polar surface area (TPSA) is 119 Å². The van der Waals surface area contributed by atoms with Crippen molar-refractivity contribution in [3.8, 4) is 0 Å². The number of aryl methyl sites for hydroxylation is 1. The normalized spacial score (nSPS) is 11.5. The first-order valence-electron chi connectivity index (χ1n) is 38.2. The van der Waals surface area contributed by atoms with Crippen molar-refractivity contribution in [3.63, 3.8) is 0 Å². The number of hydrogen-bond acceptors (Lipinski definition) is 11. The largest absolute Gasteiger partial charge is 0.469 e. The molecule has 0 bridgehead atoms. The predicted molar refractivity (Wildman–Crippen MR) is 443 cm³/mol. The van der Waals surface area contributed by atoms with E-state index in [9.17, 15) is 0 Å². The van der Waals surface area contributed by atoms with Gasteiger partial charge in [-0.15, -0.1) is 34.0 Å². The highest BCUT2D eigenvalue weighted by Gasteiger charge is 2.16. The summed E-state index contributed by atoms with van der Waals surface area (Å²) in [6, 6.07) is 16.8. The van der Waals surface area contributed by atoms with Crippen LogP contribution in [0.3, 0.4) is 0 Å². The molecule has 0 fully saturated rings. The molecular weight excluding hydrogens is 1300 g/mol. The van der Waals surface area contributed by atoms with Gasteiger partial charge in [0.15, 0.2) is 5.89 Å². The van der Waals surface area contributed by atoms with Gasteiger partial charge in [-0.1, -0.05) is 208 Å². The van der Waals surface area contributed by atoms with E-state index in [1.165, 1.54) is 58.4 Å². The van der Waals surface area contributed by atoms with Crippen LogP contribution in [-0.2, 0) is 0 Å². The molecule has 0 spiro atoms. The van der Waals surface area contributed by atoms with E-state index in [-0.39, 0.29) is 0 Å². The zero-order chi connectivity index (χ0) is 77.6. The molecule has 101 heavy (non-hydrogen) atoms. The van der Waals surface area contributed by atoms with Gasteiger partial charge in [0.2, 0.25) is 0 Å². The molecule has 14 heteroatoms. The smallest absolute Gasteiger partial charge is 0.196 e. The lowest BCUT2D eigenvalue weighted by Crippen LogP contribution is -2.05. The Hall–Kier alpha value is -5.57. The number of thiophene rings is 1. The number of rotatable bonds is 18. The molecule has 0 saturated carbocycles. The Morgan fingerprint density at radius 3 is 1.14 bits per heavy atom. The molecule has 0 saturated heterocycles. The van der Waals surface area contributed by atoms with Gasteiger partial charge < -0.3 is 22.4 Å². The van der Waals surface area contributed by atoms with Crippen LogP contribution >= 0.6 is 34.0 Å². The van der Waals surface area contributed by atoms with Crippen molar-refractivity contribution < 1.29 is 13.3 Å². The van der Waals surface area contributed by atoms with Crippen LogP contribution in [0.2, 0.25) is 0 Å². The molecule has 0 aliphatic rings. The minimum atomic E-state index is 0.363. The average Bonchev–Trinajstić information content (AvgIpc) is 1.67. The van der Waals surface area contributed by atoms with Gasteiger partial charge in [-0.05, 0) is 168 Å². The number of oxazole rings is 1. The first-order chi connectivity index (χ1) is 46.8. The number of thiazole rings is 2. The molecule has 0 aliphatic carbocycles. The van der Waals surface area contributed by atoms with Crippen molar-refractivity contribution in [2.75, 3.05) is 0 Å². The quantitative estimate of drug-likeness (QED) is 0.0833. The van der Waals surface area contributed by atoms with Crippen LogP contribution in [0.1, 0.15) is 449 Å². The summed E-state index contributed by atoms with van der Waals surface area (Å²) in [5, 5.41) is 13.1. The van der Waals surface area contributed by atoms with Gasteiger partial charge in [-0.2, -0.15) is 15.0 Å². The molecule has 11 nitrogen and oxygen atoms in total. The maximum atomic E-state index is 5.61. The van der Waals surface area contributed by atoms with Crippen LogP contribution in [0.4, 0.5) is 0 Å². The van der Waals surface area contributed by atoms with Gasteiger partial charge in [0.1, 0.15) is 23.5 Å². The zero-order valence-corrected chi connectivity index (χ0v) is 73.5. The molecule has 9 rings (SSSR count). The second kappa shape index (κ2) is 46.3. The van der Waals surface area contributed by atoms with Crippen molar-refractivity contribution in [1.82, 2.24) is 39.1 Å². The molecule has 0 amide bonds. The highest BCUT2D eigenvalue weighted by atomic mass is 32.1. The highest BCUT2D eigenvalue weighted by molar-refractivity contribution is 7.12. The van der Waals surface area contributed by atoms with E-state index in [1.54, 1.807) is 22.4 Å². The number of nitrogens with zero attached hydrogens (tertiary/aromatic N) is 8. The van der Waals surface area contributed by atoms with Crippen molar-refractivity contribution in [2.24, 2.45) is 0 Å². The van der Waals surface area contributed by atoms with E-state index in [4.69, 9.17) is 13.3 Å². The van der Waals surface area contributed by atoms with Gasteiger partial charge in [0.25, 0.3) is 0 Å². The Morgan fingerprint density at radius 1 is 0.386 bits per heavy atom. The van der Waals surface area contributed by atoms with Crippen molar-refractivity contribution in [3.05, 3.63) is 178 Å². The van der Waals surface area contributed by atoms with Gasteiger partial charge in [0.05, 0.1) is 45.6 Å². The molecule has 0 atom stereocenters. The standard InChI is InChI=1S/C12H21N.C10H17N.2C10H16O.C10H16S.C9H15NO.2C9H15NS.C8H15N3/c1-8(2)12-7-10(5)13(9(3)4)11(12)6;1-8(2)10-5-6-11(7-10)9(3)4;1-7(2)9-5-10(8(3)4)11-6-9;2*1-7(2)9-5-6-10(11-9)8(3)4;2*1-6(2)8-5-11-9(10-8)7(3)4;1-6(2)8-5-10-9(11-8)7(3)4;1-6(2)8-5-9-11(10-8)7(3)4/h7-9H,1-6H3;5-9H,1-4H3;3*5-8H,1-4H3;4*5-7H,1-4H3. The van der Waals surface area contributed by atoms with Crippen LogP contribution in [0.5, 0.6) is 0 Å². The molecule has 0 radical (unpaired) electrons. The maximum absolute atomic E-state index is 5.61. The van der Waals surface area contributed by atoms with Crippen LogP contribution in [0.25, 0.3) is 0 Å². The molecule has 570 valence electrons. The monoisotopic (exact) mass is 1450 g/mol. The van der Waals surface area contributed by atoms with Crippen molar-refractivity contribution >= 4 is 34.0 Å². The summed E-state index contributed by atoms with van der Waals surface area (Å²) in [5.41, 5.74) is 10.4. The fourth-order valence-corrected chi connectivity index (χ4v) is 12.5. The average molecular weight is 1450 g/mol. The van der Waals surface area contributed by atoms with E-state index in [2.05, 4.69) is 358 Å². The minimum absolute atomic E-state index is 0.363. The van der Waals surface area contributed by atoms with Gasteiger partial charge in [0, 0.05) is 97.6 Å². The predicted octanol–water partition coefficient (Wildman–Crippen LogP) is 29.7. The van der Waals surface area contributed by atoms with E-state index in [0.717, 1.165) is 34.6 Å². The van der Waals surface area contributed by atoms with Crippen molar-refractivity contribution in [1.29, 1.82) is 0 Å². The fraction of sp³-hybridized carbons (Fsp3) is 0.644. The van der Waals surface area contributed by atoms with Gasteiger partial charge in [-0.25, -0.2) is 15.0 Å².